The van der Waals surface area contributed by atoms with Crippen LogP contribution in [0.3, 0.4) is 0 Å². The lowest BCUT2D eigenvalue weighted by atomic mass is 9.70. The molecule has 0 aromatic heterocycles. The predicted octanol–water partition coefficient (Wildman–Crippen LogP) is 2.69. The van der Waals surface area contributed by atoms with Gasteiger partial charge < -0.3 is 25.4 Å². The summed E-state index contributed by atoms with van der Waals surface area (Å²) >= 11 is 3.68. The maximum absolute atomic E-state index is 13.9. The number of halogens is 1. The zero-order chi connectivity index (χ0) is 26.5. The second kappa shape index (κ2) is 9.85. The number of fused-ring (bicyclic) bond motifs is 1. The summed E-state index contributed by atoms with van der Waals surface area (Å²) in [6.07, 6.45) is -0.123. The molecule has 3 heterocycles. The number of amides is 3. The molecule has 2 aromatic rings. The standard InChI is InChI=1S/C28H32BrN3O5/c1-15-8-7-9-16(2)22(15)31-26(35)24-28-12-19(29)23(37-28)20(21(28)27(36)32(24)17(3)14-33)25(34)30-13-18-10-5-4-6-11-18/h4-11,17,19-21,23-24,33H,12-14H2,1-3H3,(H,30,34)(H,31,35)/t17-,19?,20-,21+,23-,24?,28?/m1/s1. The van der Waals surface area contributed by atoms with Gasteiger partial charge in [-0.15, -0.1) is 0 Å². The molecular weight excluding hydrogens is 538 g/mol. The van der Waals surface area contributed by atoms with E-state index in [2.05, 4.69) is 26.6 Å². The molecule has 8 nitrogen and oxygen atoms in total. The monoisotopic (exact) mass is 569 g/mol. The van der Waals surface area contributed by atoms with Crippen LogP contribution in [0.5, 0.6) is 0 Å². The number of ether oxygens (including phenoxy) is 1. The molecule has 196 valence electrons. The van der Waals surface area contributed by atoms with E-state index in [1.807, 2.05) is 62.4 Å². The first kappa shape index (κ1) is 25.9. The number of carbonyl (C=O) groups is 3. The minimum Gasteiger partial charge on any atom is -0.394 e. The fourth-order valence-corrected chi connectivity index (χ4v) is 7.28. The molecule has 3 fully saturated rings. The molecule has 3 unspecified atom stereocenters. The molecule has 3 N–H and O–H groups in total. The van der Waals surface area contributed by atoms with Crippen LogP contribution in [0.15, 0.2) is 48.5 Å². The lowest BCUT2D eigenvalue weighted by Gasteiger charge is -2.36. The highest BCUT2D eigenvalue weighted by Crippen LogP contribution is 2.60. The van der Waals surface area contributed by atoms with E-state index in [-0.39, 0.29) is 29.2 Å². The molecule has 2 bridgehead atoms. The quantitative estimate of drug-likeness (QED) is 0.444. The first-order valence-corrected chi connectivity index (χ1v) is 13.5. The van der Waals surface area contributed by atoms with Gasteiger partial charge in [0.05, 0.1) is 30.6 Å². The minimum absolute atomic E-state index is 0.191. The van der Waals surface area contributed by atoms with E-state index in [1.165, 1.54) is 4.90 Å². The van der Waals surface area contributed by atoms with Crippen LogP contribution in [-0.4, -0.2) is 63.0 Å². The Bertz CT molecular complexity index is 1200. The van der Waals surface area contributed by atoms with Crippen LogP contribution in [-0.2, 0) is 25.7 Å². The van der Waals surface area contributed by atoms with E-state index in [9.17, 15) is 19.5 Å². The van der Waals surface area contributed by atoms with Crippen molar-refractivity contribution in [3.63, 3.8) is 0 Å². The lowest BCUT2D eigenvalue weighted by molar-refractivity contribution is -0.143. The largest absolute Gasteiger partial charge is 0.394 e. The van der Waals surface area contributed by atoms with Crippen molar-refractivity contribution in [1.82, 2.24) is 10.2 Å². The van der Waals surface area contributed by atoms with Gasteiger partial charge in [0, 0.05) is 17.1 Å². The van der Waals surface area contributed by atoms with Gasteiger partial charge in [-0.2, -0.15) is 0 Å². The number of anilines is 1. The number of aliphatic hydroxyl groups excluding tert-OH is 1. The molecule has 1 spiro atoms. The molecule has 2 aromatic carbocycles. The van der Waals surface area contributed by atoms with E-state index in [0.29, 0.717) is 18.7 Å². The molecule has 3 saturated heterocycles. The Morgan fingerprint density at radius 2 is 1.81 bits per heavy atom. The number of benzene rings is 2. The first-order chi connectivity index (χ1) is 17.7. The zero-order valence-electron chi connectivity index (χ0n) is 21.1. The highest BCUT2D eigenvalue weighted by atomic mass is 79.9. The Kier molecular flexibility index (Phi) is 6.89. The number of alkyl halides is 1. The van der Waals surface area contributed by atoms with E-state index in [4.69, 9.17) is 4.74 Å². The van der Waals surface area contributed by atoms with Gasteiger partial charge in [-0.1, -0.05) is 64.5 Å². The van der Waals surface area contributed by atoms with Gasteiger partial charge in [0.25, 0.3) is 0 Å². The summed E-state index contributed by atoms with van der Waals surface area (Å²) in [4.78, 5) is 42.6. The van der Waals surface area contributed by atoms with Crippen molar-refractivity contribution in [2.45, 2.75) is 62.4 Å². The van der Waals surface area contributed by atoms with Crippen LogP contribution in [0.1, 0.15) is 30.0 Å². The van der Waals surface area contributed by atoms with Gasteiger partial charge in [-0.3, -0.25) is 14.4 Å². The molecule has 0 aliphatic carbocycles. The highest BCUT2D eigenvalue weighted by Gasteiger charge is 2.76. The van der Waals surface area contributed by atoms with Gasteiger partial charge in [-0.05, 0) is 43.9 Å². The van der Waals surface area contributed by atoms with Crippen molar-refractivity contribution in [2.24, 2.45) is 11.8 Å². The summed E-state index contributed by atoms with van der Waals surface area (Å²) in [6.45, 7) is 5.55. The third-order valence-corrected chi connectivity index (χ3v) is 8.90. The molecule has 7 atom stereocenters. The van der Waals surface area contributed by atoms with Crippen LogP contribution >= 0.6 is 15.9 Å². The Morgan fingerprint density at radius 1 is 1.14 bits per heavy atom. The first-order valence-electron chi connectivity index (χ1n) is 12.6. The highest BCUT2D eigenvalue weighted by molar-refractivity contribution is 9.09. The second-order valence-corrected chi connectivity index (χ2v) is 11.6. The maximum atomic E-state index is 13.9. The number of nitrogens with one attached hydrogen (secondary N) is 2. The minimum atomic E-state index is -1.17. The molecule has 9 heteroatoms. The molecule has 3 aliphatic heterocycles. The Morgan fingerprint density at radius 3 is 2.46 bits per heavy atom. The van der Waals surface area contributed by atoms with Crippen LogP contribution in [0, 0.1) is 25.7 Å². The summed E-state index contributed by atoms with van der Waals surface area (Å²) < 4.78 is 6.50. The number of aliphatic hydroxyl groups is 1. The molecule has 0 saturated carbocycles. The fourth-order valence-electron chi connectivity index (χ4n) is 6.33. The number of hydrogen-bond donors (Lipinski definition) is 3. The third kappa shape index (κ3) is 4.17. The summed E-state index contributed by atoms with van der Waals surface area (Å²) in [7, 11) is 0. The number of rotatable bonds is 7. The van der Waals surface area contributed by atoms with Crippen LogP contribution in [0.4, 0.5) is 5.69 Å². The average Bonchev–Trinajstić information content (AvgIpc) is 3.48. The summed E-state index contributed by atoms with van der Waals surface area (Å²) in [5, 5.41) is 16.0. The molecule has 37 heavy (non-hydrogen) atoms. The number of aryl methyl sites for hydroxylation is 2. The number of hydrogen-bond acceptors (Lipinski definition) is 5. The van der Waals surface area contributed by atoms with Crippen LogP contribution in [0.2, 0.25) is 0 Å². The molecular formula is C28H32BrN3O5. The van der Waals surface area contributed by atoms with E-state index < -0.39 is 35.6 Å². The maximum Gasteiger partial charge on any atom is 0.250 e. The Balaban J connectivity index is 1.48. The van der Waals surface area contributed by atoms with Gasteiger partial charge in [0.15, 0.2) is 0 Å². The van der Waals surface area contributed by atoms with Crippen molar-refractivity contribution in [3.05, 3.63) is 65.2 Å². The number of nitrogens with zero attached hydrogens (tertiary/aromatic N) is 1. The normalized spacial score (nSPS) is 30.8. The van der Waals surface area contributed by atoms with E-state index in [0.717, 1.165) is 16.7 Å². The summed E-state index contributed by atoms with van der Waals surface area (Å²) in [6, 6.07) is 13.7. The van der Waals surface area contributed by atoms with Gasteiger partial charge in [-0.25, -0.2) is 0 Å². The number of para-hydroxylation sites is 1. The van der Waals surface area contributed by atoms with Crippen molar-refractivity contribution in [3.8, 4) is 0 Å². The van der Waals surface area contributed by atoms with Crippen molar-refractivity contribution < 1.29 is 24.2 Å². The van der Waals surface area contributed by atoms with Gasteiger partial charge in [0.2, 0.25) is 17.7 Å². The van der Waals surface area contributed by atoms with Gasteiger partial charge >= 0.3 is 0 Å². The smallest absolute Gasteiger partial charge is 0.250 e. The molecule has 0 radical (unpaired) electrons. The lowest BCUT2D eigenvalue weighted by Crippen LogP contribution is -2.56. The van der Waals surface area contributed by atoms with Crippen molar-refractivity contribution in [2.75, 3.05) is 11.9 Å². The molecule has 3 aliphatic rings. The predicted molar refractivity (Wildman–Crippen MR) is 142 cm³/mol. The topological polar surface area (TPSA) is 108 Å². The Hall–Kier alpha value is -2.75. The number of likely N-dealkylation sites (tertiary alicyclic amines) is 1. The molecule has 5 rings (SSSR count). The third-order valence-electron chi connectivity index (χ3n) is 8.06. The second-order valence-electron chi connectivity index (χ2n) is 10.4. The Labute approximate surface area is 224 Å². The van der Waals surface area contributed by atoms with Crippen molar-refractivity contribution in [1.29, 1.82) is 0 Å². The SMILES string of the molecule is Cc1cccc(C)c1NC(=O)C1N([C@H](C)CO)C(=O)[C@@H]2[C@@H](C(=O)NCc3ccccc3)[C@@H]3OC12CC3Br. The van der Waals surface area contributed by atoms with Crippen LogP contribution < -0.4 is 10.6 Å². The van der Waals surface area contributed by atoms with E-state index >= 15 is 0 Å². The zero-order valence-corrected chi connectivity index (χ0v) is 22.7. The van der Waals surface area contributed by atoms with Crippen molar-refractivity contribution >= 4 is 39.3 Å². The molecule has 3 amide bonds. The van der Waals surface area contributed by atoms with Crippen LogP contribution in [0.25, 0.3) is 0 Å². The van der Waals surface area contributed by atoms with Gasteiger partial charge in [0.1, 0.15) is 11.6 Å². The number of carbonyl (C=O) groups excluding carboxylic acids is 3. The van der Waals surface area contributed by atoms with E-state index in [1.54, 1.807) is 6.92 Å². The average molecular weight is 570 g/mol. The summed E-state index contributed by atoms with van der Waals surface area (Å²) in [5.41, 5.74) is 2.28. The fraction of sp³-hybridized carbons (Fsp3) is 0.464. The summed E-state index contributed by atoms with van der Waals surface area (Å²) in [5.74, 6) is -2.54.